The lowest BCUT2D eigenvalue weighted by Gasteiger charge is -2.34. The van der Waals surface area contributed by atoms with Crippen LogP contribution in [0.3, 0.4) is 0 Å². The van der Waals surface area contributed by atoms with Gasteiger partial charge in [0.25, 0.3) is 0 Å². The molecular formula is C22H32N2O2. The van der Waals surface area contributed by atoms with Crippen LogP contribution in [0.15, 0.2) is 35.9 Å². The highest BCUT2D eigenvalue weighted by Crippen LogP contribution is 2.38. The van der Waals surface area contributed by atoms with E-state index in [0.717, 1.165) is 25.9 Å². The highest BCUT2D eigenvalue weighted by Gasteiger charge is 2.40. The van der Waals surface area contributed by atoms with Crippen molar-refractivity contribution >= 4 is 12.2 Å². The normalized spacial score (nSPS) is 24.5. The minimum atomic E-state index is -0.421. The first kappa shape index (κ1) is 19.0. The van der Waals surface area contributed by atoms with Crippen molar-refractivity contribution in [3.05, 3.63) is 41.5 Å². The second kappa shape index (κ2) is 7.83. The lowest BCUT2D eigenvalue weighted by Crippen LogP contribution is -2.47. The number of benzene rings is 1. The summed E-state index contributed by atoms with van der Waals surface area (Å²) in [4.78, 5) is 14.0. The molecule has 142 valence electrons. The van der Waals surface area contributed by atoms with Crippen molar-refractivity contribution in [3.8, 4) is 0 Å². The Morgan fingerprint density at radius 2 is 1.85 bits per heavy atom. The molecule has 26 heavy (non-hydrogen) atoms. The standard InChI is InChI=1S/C22H32N2O2/c1-16(14-17-8-6-5-7-9-17)19-15-20(19)23-18-10-12-24(13-11-18)21(25)26-22(2,3)4/h5-9,14,18-20,23H,10-13,15H2,1-4H3/b16-14+. The summed E-state index contributed by atoms with van der Waals surface area (Å²) in [6.07, 6.45) is 5.36. The summed E-state index contributed by atoms with van der Waals surface area (Å²) in [5.74, 6) is 0.652. The van der Waals surface area contributed by atoms with Crippen molar-refractivity contribution < 1.29 is 9.53 Å². The lowest BCUT2D eigenvalue weighted by molar-refractivity contribution is 0.0198. The molecule has 2 aliphatic rings. The fourth-order valence-electron chi connectivity index (χ4n) is 3.66. The van der Waals surface area contributed by atoms with E-state index in [-0.39, 0.29) is 6.09 Å². The van der Waals surface area contributed by atoms with Crippen molar-refractivity contribution in [2.75, 3.05) is 13.1 Å². The van der Waals surface area contributed by atoms with E-state index in [1.54, 1.807) is 0 Å². The van der Waals surface area contributed by atoms with Crippen LogP contribution in [0.2, 0.25) is 0 Å². The molecule has 2 unspecified atom stereocenters. The van der Waals surface area contributed by atoms with Crippen molar-refractivity contribution in [2.24, 2.45) is 5.92 Å². The third kappa shape index (κ3) is 5.34. The maximum Gasteiger partial charge on any atom is 0.410 e. The molecule has 4 nitrogen and oxygen atoms in total. The molecule has 1 N–H and O–H groups in total. The van der Waals surface area contributed by atoms with E-state index >= 15 is 0 Å². The van der Waals surface area contributed by atoms with E-state index in [1.807, 2.05) is 25.7 Å². The Labute approximate surface area is 157 Å². The summed E-state index contributed by atoms with van der Waals surface area (Å²) in [7, 11) is 0. The molecule has 1 aromatic rings. The molecule has 4 heteroatoms. The molecule has 1 aliphatic heterocycles. The van der Waals surface area contributed by atoms with E-state index in [0.29, 0.717) is 18.0 Å². The van der Waals surface area contributed by atoms with Crippen molar-refractivity contribution in [1.29, 1.82) is 0 Å². The summed E-state index contributed by atoms with van der Waals surface area (Å²) in [6, 6.07) is 11.6. The van der Waals surface area contributed by atoms with Crippen LogP contribution in [0.4, 0.5) is 4.79 Å². The predicted octanol–water partition coefficient (Wildman–Crippen LogP) is 4.47. The van der Waals surface area contributed by atoms with Gasteiger partial charge in [-0.05, 0) is 58.4 Å². The first-order valence-corrected chi connectivity index (χ1v) is 9.79. The van der Waals surface area contributed by atoms with Crippen molar-refractivity contribution in [2.45, 2.75) is 64.6 Å². The summed E-state index contributed by atoms with van der Waals surface area (Å²) in [5, 5.41) is 3.80. The number of hydrogen-bond donors (Lipinski definition) is 1. The Morgan fingerprint density at radius 3 is 2.46 bits per heavy atom. The van der Waals surface area contributed by atoms with Crippen LogP contribution in [0.25, 0.3) is 6.08 Å². The monoisotopic (exact) mass is 356 g/mol. The average molecular weight is 357 g/mol. The topological polar surface area (TPSA) is 41.6 Å². The van der Waals surface area contributed by atoms with Gasteiger partial charge in [-0.2, -0.15) is 0 Å². The Bertz CT molecular complexity index is 640. The van der Waals surface area contributed by atoms with Gasteiger partial charge >= 0.3 is 6.09 Å². The summed E-state index contributed by atoms with van der Waals surface area (Å²) >= 11 is 0. The van der Waals surface area contributed by atoms with E-state index in [1.165, 1.54) is 17.6 Å². The zero-order chi connectivity index (χ0) is 18.7. The summed E-state index contributed by atoms with van der Waals surface area (Å²) < 4.78 is 5.47. The molecule has 1 saturated carbocycles. The first-order valence-electron chi connectivity index (χ1n) is 9.79. The predicted molar refractivity (Wildman–Crippen MR) is 106 cm³/mol. The van der Waals surface area contributed by atoms with Crippen LogP contribution < -0.4 is 5.32 Å². The van der Waals surface area contributed by atoms with Crippen molar-refractivity contribution in [1.82, 2.24) is 10.2 Å². The highest BCUT2D eigenvalue weighted by atomic mass is 16.6. The Morgan fingerprint density at radius 1 is 1.19 bits per heavy atom. The zero-order valence-corrected chi connectivity index (χ0v) is 16.5. The molecule has 3 rings (SSSR count). The number of rotatable bonds is 4. The van der Waals surface area contributed by atoms with Gasteiger partial charge in [0, 0.05) is 25.2 Å². The SMILES string of the molecule is C/C(=C\c1ccccc1)C1CC1NC1CCN(C(=O)OC(C)(C)C)CC1. The van der Waals surface area contributed by atoms with E-state index < -0.39 is 5.60 Å². The Hall–Kier alpha value is -1.81. The molecule has 1 aliphatic carbocycles. The zero-order valence-electron chi connectivity index (χ0n) is 16.5. The lowest BCUT2D eigenvalue weighted by atomic mass is 10.0. The largest absolute Gasteiger partial charge is 0.444 e. The quantitative estimate of drug-likeness (QED) is 0.865. The number of carbonyl (C=O) groups excluding carboxylic acids is 1. The number of piperidine rings is 1. The van der Waals surface area contributed by atoms with Gasteiger partial charge in [-0.15, -0.1) is 0 Å². The van der Waals surface area contributed by atoms with Gasteiger partial charge in [-0.1, -0.05) is 42.0 Å². The van der Waals surface area contributed by atoms with Crippen LogP contribution in [0, 0.1) is 5.92 Å². The van der Waals surface area contributed by atoms with Crippen LogP contribution in [0.1, 0.15) is 52.5 Å². The van der Waals surface area contributed by atoms with Gasteiger partial charge in [-0.3, -0.25) is 0 Å². The van der Waals surface area contributed by atoms with Crippen LogP contribution >= 0.6 is 0 Å². The number of likely N-dealkylation sites (tertiary alicyclic amines) is 1. The van der Waals surface area contributed by atoms with Gasteiger partial charge < -0.3 is 15.0 Å². The fourth-order valence-corrected chi connectivity index (χ4v) is 3.66. The first-order chi connectivity index (χ1) is 12.3. The number of amides is 1. The molecule has 0 aromatic heterocycles. The molecule has 0 bridgehead atoms. The molecule has 1 aromatic carbocycles. The van der Waals surface area contributed by atoms with Crippen LogP contribution in [0.5, 0.6) is 0 Å². The average Bonchev–Trinajstić information content (AvgIpc) is 3.34. The maximum absolute atomic E-state index is 12.1. The van der Waals surface area contributed by atoms with Gasteiger partial charge in [0.15, 0.2) is 0 Å². The summed E-state index contributed by atoms with van der Waals surface area (Å²) in [5.41, 5.74) is 2.32. The van der Waals surface area contributed by atoms with Crippen LogP contribution in [-0.4, -0.2) is 41.8 Å². The molecular weight excluding hydrogens is 324 g/mol. The minimum absolute atomic E-state index is 0.179. The molecule has 0 spiro atoms. The molecule has 2 fully saturated rings. The number of ether oxygens (including phenoxy) is 1. The van der Waals surface area contributed by atoms with Gasteiger partial charge in [0.1, 0.15) is 5.60 Å². The Kier molecular flexibility index (Phi) is 5.71. The molecule has 2 atom stereocenters. The molecule has 0 radical (unpaired) electrons. The van der Waals surface area contributed by atoms with E-state index in [9.17, 15) is 4.79 Å². The van der Waals surface area contributed by atoms with Gasteiger partial charge in [0.2, 0.25) is 0 Å². The maximum atomic E-state index is 12.1. The third-order valence-corrected chi connectivity index (χ3v) is 5.17. The summed E-state index contributed by atoms with van der Waals surface area (Å²) in [6.45, 7) is 9.54. The highest BCUT2D eigenvalue weighted by molar-refractivity contribution is 5.68. The van der Waals surface area contributed by atoms with E-state index in [4.69, 9.17) is 4.74 Å². The number of carbonyl (C=O) groups is 1. The molecule has 1 amide bonds. The third-order valence-electron chi connectivity index (χ3n) is 5.17. The van der Waals surface area contributed by atoms with Gasteiger partial charge in [-0.25, -0.2) is 4.79 Å². The van der Waals surface area contributed by atoms with Crippen molar-refractivity contribution in [3.63, 3.8) is 0 Å². The number of nitrogens with one attached hydrogen (secondary N) is 1. The second-order valence-corrected chi connectivity index (χ2v) is 8.66. The van der Waals surface area contributed by atoms with E-state index in [2.05, 4.69) is 48.6 Å². The fraction of sp³-hybridized carbons (Fsp3) is 0.591. The van der Waals surface area contributed by atoms with Gasteiger partial charge in [0.05, 0.1) is 0 Å². The number of nitrogens with zero attached hydrogens (tertiary/aromatic N) is 1. The minimum Gasteiger partial charge on any atom is -0.444 e. The Balaban J connectivity index is 1.42. The van der Waals surface area contributed by atoms with Crippen LogP contribution in [-0.2, 0) is 4.74 Å². The molecule has 1 saturated heterocycles. The smallest absolute Gasteiger partial charge is 0.410 e. The number of hydrogen-bond acceptors (Lipinski definition) is 3. The molecule has 1 heterocycles. The second-order valence-electron chi connectivity index (χ2n) is 8.66.